The first-order valence-corrected chi connectivity index (χ1v) is 5.91. The summed E-state index contributed by atoms with van der Waals surface area (Å²) in [5, 5.41) is 22.7. The number of aromatic hydroxyl groups is 1. The van der Waals surface area contributed by atoms with Crippen LogP contribution in [-0.2, 0) is 6.54 Å². The summed E-state index contributed by atoms with van der Waals surface area (Å²) in [7, 11) is 0. The molecule has 0 aliphatic heterocycles. The van der Waals surface area contributed by atoms with Crippen LogP contribution in [0, 0.1) is 5.92 Å². The van der Waals surface area contributed by atoms with E-state index in [0.717, 1.165) is 18.4 Å². The molecule has 1 atom stereocenters. The lowest BCUT2D eigenvalue weighted by atomic mass is 10.2. The monoisotopic (exact) mass is 241 g/mol. The first kappa shape index (κ1) is 11.7. The van der Waals surface area contributed by atoms with Crippen LogP contribution in [0.2, 0.25) is 5.02 Å². The molecular formula is C12H16ClNO2. The fourth-order valence-electron chi connectivity index (χ4n) is 1.70. The SMILES string of the molecule is Oc1ccc(Cl)c(CNCC(O)C2CC2)c1. The van der Waals surface area contributed by atoms with E-state index in [9.17, 15) is 10.2 Å². The van der Waals surface area contributed by atoms with Gasteiger partial charge in [-0.2, -0.15) is 0 Å². The summed E-state index contributed by atoms with van der Waals surface area (Å²) in [6, 6.07) is 4.87. The Morgan fingerprint density at radius 2 is 2.19 bits per heavy atom. The Labute approximate surface area is 100 Å². The van der Waals surface area contributed by atoms with E-state index in [1.807, 2.05) is 0 Å². The number of aliphatic hydroxyl groups excluding tert-OH is 1. The molecule has 1 saturated carbocycles. The normalized spacial score (nSPS) is 17.4. The van der Waals surface area contributed by atoms with Crippen LogP contribution < -0.4 is 5.32 Å². The molecule has 1 aliphatic rings. The third-order valence-electron chi connectivity index (χ3n) is 2.86. The number of rotatable bonds is 5. The Kier molecular flexibility index (Phi) is 3.69. The van der Waals surface area contributed by atoms with E-state index in [-0.39, 0.29) is 11.9 Å². The molecule has 3 nitrogen and oxygen atoms in total. The Balaban J connectivity index is 1.81. The van der Waals surface area contributed by atoms with E-state index >= 15 is 0 Å². The molecule has 4 heteroatoms. The highest BCUT2D eigenvalue weighted by Gasteiger charge is 2.29. The van der Waals surface area contributed by atoms with E-state index in [1.165, 1.54) is 0 Å². The predicted octanol–water partition coefficient (Wildman–Crippen LogP) is 1.91. The second-order valence-corrected chi connectivity index (χ2v) is 4.72. The summed E-state index contributed by atoms with van der Waals surface area (Å²) in [5.41, 5.74) is 0.852. The molecule has 1 aromatic rings. The van der Waals surface area contributed by atoms with E-state index in [1.54, 1.807) is 18.2 Å². The number of phenolic OH excluding ortho intramolecular Hbond substituents is 1. The van der Waals surface area contributed by atoms with Gasteiger partial charge in [-0.25, -0.2) is 0 Å². The minimum atomic E-state index is -0.254. The molecule has 0 saturated heterocycles. The van der Waals surface area contributed by atoms with Gasteiger partial charge in [-0.05, 0) is 42.5 Å². The second kappa shape index (κ2) is 5.04. The van der Waals surface area contributed by atoms with Crippen molar-refractivity contribution in [2.24, 2.45) is 5.92 Å². The molecule has 88 valence electrons. The lowest BCUT2D eigenvalue weighted by molar-refractivity contribution is 0.148. The molecule has 0 spiro atoms. The third kappa shape index (κ3) is 3.11. The predicted molar refractivity (Wildman–Crippen MR) is 63.6 cm³/mol. The molecule has 0 radical (unpaired) electrons. The number of hydrogen-bond acceptors (Lipinski definition) is 3. The fourth-order valence-corrected chi connectivity index (χ4v) is 1.88. The molecule has 0 aromatic heterocycles. The number of aliphatic hydroxyl groups is 1. The summed E-state index contributed by atoms with van der Waals surface area (Å²) in [6.45, 7) is 1.15. The van der Waals surface area contributed by atoms with Gasteiger partial charge in [0.1, 0.15) is 5.75 Å². The maximum Gasteiger partial charge on any atom is 0.116 e. The van der Waals surface area contributed by atoms with Gasteiger partial charge in [-0.3, -0.25) is 0 Å². The second-order valence-electron chi connectivity index (χ2n) is 4.31. The van der Waals surface area contributed by atoms with Crippen molar-refractivity contribution in [3.05, 3.63) is 28.8 Å². The fraction of sp³-hybridized carbons (Fsp3) is 0.500. The molecule has 3 N–H and O–H groups in total. The van der Waals surface area contributed by atoms with E-state index in [2.05, 4.69) is 5.32 Å². The lowest BCUT2D eigenvalue weighted by Gasteiger charge is -2.11. The van der Waals surface area contributed by atoms with Gasteiger partial charge in [0.05, 0.1) is 6.10 Å². The Hall–Kier alpha value is -0.770. The van der Waals surface area contributed by atoms with E-state index in [4.69, 9.17) is 11.6 Å². The van der Waals surface area contributed by atoms with Crippen molar-refractivity contribution in [1.82, 2.24) is 5.32 Å². The van der Waals surface area contributed by atoms with Crippen molar-refractivity contribution in [3.8, 4) is 5.75 Å². The van der Waals surface area contributed by atoms with Gasteiger partial charge in [0, 0.05) is 18.1 Å². The Morgan fingerprint density at radius 1 is 1.44 bits per heavy atom. The zero-order chi connectivity index (χ0) is 11.5. The average molecular weight is 242 g/mol. The van der Waals surface area contributed by atoms with Crippen molar-refractivity contribution in [1.29, 1.82) is 0 Å². The van der Waals surface area contributed by atoms with Gasteiger partial charge >= 0.3 is 0 Å². The van der Waals surface area contributed by atoms with Gasteiger partial charge in [-0.15, -0.1) is 0 Å². The Morgan fingerprint density at radius 3 is 2.88 bits per heavy atom. The van der Waals surface area contributed by atoms with Crippen LogP contribution in [0.15, 0.2) is 18.2 Å². The summed E-state index contributed by atoms with van der Waals surface area (Å²) in [5.74, 6) is 0.691. The highest BCUT2D eigenvalue weighted by atomic mass is 35.5. The number of halogens is 1. The summed E-state index contributed by atoms with van der Waals surface area (Å²) in [6.07, 6.45) is 2.02. The zero-order valence-corrected chi connectivity index (χ0v) is 9.74. The van der Waals surface area contributed by atoms with Crippen LogP contribution in [0.3, 0.4) is 0 Å². The highest BCUT2D eigenvalue weighted by Crippen LogP contribution is 2.32. The maximum atomic E-state index is 9.65. The van der Waals surface area contributed by atoms with Crippen LogP contribution in [0.1, 0.15) is 18.4 Å². The number of benzene rings is 1. The highest BCUT2D eigenvalue weighted by molar-refractivity contribution is 6.31. The molecule has 16 heavy (non-hydrogen) atoms. The number of nitrogens with one attached hydrogen (secondary N) is 1. The molecule has 1 fully saturated rings. The van der Waals surface area contributed by atoms with E-state index < -0.39 is 0 Å². The summed E-state index contributed by atoms with van der Waals surface area (Å²) < 4.78 is 0. The van der Waals surface area contributed by atoms with Crippen LogP contribution in [-0.4, -0.2) is 22.9 Å². The smallest absolute Gasteiger partial charge is 0.116 e. The van der Waals surface area contributed by atoms with Gasteiger partial charge in [-0.1, -0.05) is 11.6 Å². The topological polar surface area (TPSA) is 52.5 Å². The van der Waals surface area contributed by atoms with Gasteiger partial charge in [0.2, 0.25) is 0 Å². The van der Waals surface area contributed by atoms with Gasteiger partial charge < -0.3 is 15.5 Å². The molecular weight excluding hydrogens is 226 g/mol. The molecule has 1 aliphatic carbocycles. The van der Waals surface area contributed by atoms with Crippen LogP contribution in [0.5, 0.6) is 5.75 Å². The quantitative estimate of drug-likeness (QED) is 0.738. The van der Waals surface area contributed by atoms with Crippen LogP contribution >= 0.6 is 11.6 Å². The average Bonchev–Trinajstić information content (AvgIpc) is 3.06. The lowest BCUT2D eigenvalue weighted by Crippen LogP contribution is -2.27. The van der Waals surface area contributed by atoms with Crippen molar-refractivity contribution in [2.45, 2.75) is 25.5 Å². The molecule has 1 unspecified atom stereocenters. The zero-order valence-electron chi connectivity index (χ0n) is 8.99. The first-order valence-electron chi connectivity index (χ1n) is 5.53. The van der Waals surface area contributed by atoms with Crippen molar-refractivity contribution in [3.63, 3.8) is 0 Å². The van der Waals surface area contributed by atoms with Crippen LogP contribution in [0.25, 0.3) is 0 Å². The van der Waals surface area contributed by atoms with Crippen molar-refractivity contribution < 1.29 is 10.2 Å². The largest absolute Gasteiger partial charge is 0.508 e. The summed E-state index contributed by atoms with van der Waals surface area (Å²) >= 11 is 5.97. The van der Waals surface area contributed by atoms with Gasteiger partial charge in [0.15, 0.2) is 0 Å². The number of hydrogen-bond donors (Lipinski definition) is 3. The number of phenols is 1. The summed E-state index contributed by atoms with van der Waals surface area (Å²) in [4.78, 5) is 0. The molecule has 0 heterocycles. The van der Waals surface area contributed by atoms with Gasteiger partial charge in [0.25, 0.3) is 0 Å². The standard InChI is InChI=1S/C12H16ClNO2/c13-11-4-3-10(15)5-9(11)6-14-7-12(16)8-1-2-8/h3-5,8,12,14-16H,1-2,6-7H2. The Bertz CT molecular complexity index is 366. The molecule has 0 bridgehead atoms. The molecule has 2 rings (SSSR count). The van der Waals surface area contributed by atoms with E-state index in [0.29, 0.717) is 24.0 Å². The first-order chi connectivity index (χ1) is 7.66. The minimum Gasteiger partial charge on any atom is -0.508 e. The maximum absolute atomic E-state index is 9.65. The van der Waals surface area contributed by atoms with Crippen LogP contribution in [0.4, 0.5) is 0 Å². The van der Waals surface area contributed by atoms with Crippen molar-refractivity contribution >= 4 is 11.6 Å². The minimum absolute atomic E-state index is 0.212. The molecule has 1 aromatic carbocycles. The molecule has 0 amide bonds. The third-order valence-corrected chi connectivity index (χ3v) is 3.23. The van der Waals surface area contributed by atoms with Crippen molar-refractivity contribution in [2.75, 3.05) is 6.54 Å².